The average Bonchev–Trinajstić information content (AvgIpc) is 2.74. The third-order valence-corrected chi connectivity index (χ3v) is 6.78. The van der Waals surface area contributed by atoms with Crippen LogP contribution in [0.3, 0.4) is 0 Å². The predicted molar refractivity (Wildman–Crippen MR) is 120 cm³/mol. The summed E-state index contributed by atoms with van der Waals surface area (Å²) in [6, 6.07) is 9.97. The number of halogens is 6. The number of amides is 1. The van der Waals surface area contributed by atoms with Crippen molar-refractivity contribution in [1.29, 1.82) is 0 Å². The normalized spacial score (nSPS) is 11.9. The van der Waals surface area contributed by atoms with Crippen LogP contribution in [0.4, 0.5) is 27.6 Å². The lowest BCUT2D eigenvalue weighted by Gasteiger charge is -2.15. The van der Waals surface area contributed by atoms with Crippen molar-refractivity contribution in [2.75, 3.05) is 11.1 Å². The lowest BCUT2D eigenvalue weighted by atomic mass is 10.0. The van der Waals surface area contributed by atoms with Crippen LogP contribution in [0.2, 0.25) is 5.02 Å². The van der Waals surface area contributed by atoms with E-state index in [4.69, 9.17) is 11.6 Å². The number of carbonyl (C=O) groups is 1. The van der Waals surface area contributed by atoms with E-state index in [0.29, 0.717) is 5.56 Å². The van der Waals surface area contributed by atoms with E-state index < -0.39 is 50.6 Å². The summed E-state index contributed by atoms with van der Waals surface area (Å²) in [4.78, 5) is 12.4. The summed E-state index contributed by atoms with van der Waals surface area (Å²) in [6.07, 6.45) is -5.35. The van der Waals surface area contributed by atoms with Gasteiger partial charge in [-0.05, 0) is 48.0 Å². The zero-order valence-corrected chi connectivity index (χ0v) is 19.5. The van der Waals surface area contributed by atoms with Crippen LogP contribution in [0.1, 0.15) is 12.5 Å². The van der Waals surface area contributed by atoms with Crippen LogP contribution in [0.5, 0.6) is 5.75 Å². The number of carbonyl (C=O) groups excluding carboxylic acids is 1. The van der Waals surface area contributed by atoms with Gasteiger partial charge in [-0.1, -0.05) is 30.7 Å². The third kappa shape index (κ3) is 6.70. The van der Waals surface area contributed by atoms with Gasteiger partial charge in [0.05, 0.1) is 22.6 Å². The number of anilines is 1. The Hall–Kier alpha value is -3.18. The molecule has 3 aromatic rings. The lowest BCUT2D eigenvalue weighted by molar-refractivity contribution is -0.274. The molecule has 12 heteroatoms. The molecule has 0 radical (unpaired) electrons. The van der Waals surface area contributed by atoms with Gasteiger partial charge in [-0.15, -0.1) is 13.2 Å². The Kier molecular flexibility index (Phi) is 7.71. The first-order chi connectivity index (χ1) is 16.3. The summed E-state index contributed by atoms with van der Waals surface area (Å²) in [5, 5.41) is 2.16. The maximum atomic E-state index is 14.8. The Morgan fingerprint density at radius 3 is 2.14 bits per heavy atom. The van der Waals surface area contributed by atoms with E-state index in [0.717, 1.165) is 30.3 Å². The Morgan fingerprint density at radius 2 is 1.60 bits per heavy atom. The third-order valence-electron chi connectivity index (χ3n) is 4.79. The lowest BCUT2D eigenvalue weighted by Crippen LogP contribution is -2.18. The first-order valence-electron chi connectivity index (χ1n) is 9.95. The second-order valence-corrected chi connectivity index (χ2v) is 9.99. The van der Waals surface area contributed by atoms with Gasteiger partial charge in [0.15, 0.2) is 9.84 Å². The molecule has 35 heavy (non-hydrogen) atoms. The van der Waals surface area contributed by atoms with Crippen LogP contribution >= 0.6 is 11.6 Å². The number of alkyl halides is 3. The van der Waals surface area contributed by atoms with E-state index >= 15 is 0 Å². The van der Waals surface area contributed by atoms with Crippen molar-refractivity contribution in [2.45, 2.75) is 24.6 Å². The molecule has 0 atom stereocenters. The van der Waals surface area contributed by atoms with Crippen molar-refractivity contribution in [3.8, 4) is 16.9 Å². The highest BCUT2D eigenvalue weighted by atomic mass is 35.5. The first kappa shape index (κ1) is 26.4. The fourth-order valence-corrected chi connectivity index (χ4v) is 4.23. The molecule has 0 aliphatic heterocycles. The minimum atomic E-state index is -5.13. The molecule has 0 saturated carbocycles. The summed E-state index contributed by atoms with van der Waals surface area (Å²) in [6.45, 7) is 1.50. The Morgan fingerprint density at radius 1 is 1.00 bits per heavy atom. The van der Waals surface area contributed by atoms with Gasteiger partial charge in [0.25, 0.3) is 0 Å². The number of hydrogen-bond acceptors (Lipinski definition) is 4. The van der Waals surface area contributed by atoms with Gasteiger partial charge in [0.2, 0.25) is 5.91 Å². The zero-order valence-electron chi connectivity index (χ0n) is 17.9. The number of benzene rings is 3. The number of nitrogens with one attached hydrogen (secondary N) is 1. The standard InChI is InChI=1S/C23H17ClF5NO4S/c1-2-35(32,33)16-6-3-13(4-7-16)9-21(31)30-15-11-18(25)22(19(26)12-15)17-8-5-14(24)10-20(17)34-23(27,28)29/h3-8,10-12H,2,9H2,1H3,(H,30,31). The topological polar surface area (TPSA) is 72.5 Å². The molecule has 0 spiro atoms. The molecule has 0 saturated heterocycles. The van der Waals surface area contributed by atoms with Crippen molar-refractivity contribution < 1.29 is 39.9 Å². The number of hydrogen-bond donors (Lipinski definition) is 1. The van der Waals surface area contributed by atoms with Crippen molar-refractivity contribution in [3.05, 3.63) is 76.8 Å². The maximum Gasteiger partial charge on any atom is 0.573 e. The monoisotopic (exact) mass is 533 g/mol. The molecular formula is C23H17ClF5NO4S. The molecule has 0 bridgehead atoms. The van der Waals surface area contributed by atoms with Crippen molar-refractivity contribution in [3.63, 3.8) is 0 Å². The highest BCUT2D eigenvalue weighted by Crippen LogP contribution is 2.39. The van der Waals surface area contributed by atoms with Crippen LogP contribution in [0, 0.1) is 11.6 Å². The van der Waals surface area contributed by atoms with Crippen molar-refractivity contribution in [1.82, 2.24) is 0 Å². The molecule has 0 fully saturated rings. The number of sulfone groups is 1. The van der Waals surface area contributed by atoms with Crippen molar-refractivity contribution >= 4 is 33.0 Å². The molecule has 0 aliphatic rings. The Labute approximate surface area is 202 Å². The maximum absolute atomic E-state index is 14.8. The Balaban J connectivity index is 1.82. The SMILES string of the molecule is CCS(=O)(=O)c1ccc(CC(=O)Nc2cc(F)c(-c3ccc(Cl)cc3OC(F)(F)F)c(F)c2)cc1. The van der Waals surface area contributed by atoms with E-state index in [1.807, 2.05) is 0 Å². The fourth-order valence-electron chi connectivity index (χ4n) is 3.19. The van der Waals surface area contributed by atoms with Crippen LogP contribution < -0.4 is 10.1 Å². The van der Waals surface area contributed by atoms with Crippen LogP contribution in [-0.2, 0) is 21.1 Å². The average molecular weight is 534 g/mol. The first-order valence-corrected chi connectivity index (χ1v) is 12.0. The molecule has 5 nitrogen and oxygen atoms in total. The van der Waals surface area contributed by atoms with Crippen LogP contribution in [0.25, 0.3) is 11.1 Å². The molecule has 0 heterocycles. The van der Waals surface area contributed by atoms with Gasteiger partial charge in [0.1, 0.15) is 17.4 Å². The minimum absolute atomic E-state index is 0.0835. The van der Waals surface area contributed by atoms with Crippen molar-refractivity contribution in [2.24, 2.45) is 0 Å². The van der Waals surface area contributed by atoms with E-state index in [1.54, 1.807) is 0 Å². The quantitative estimate of drug-likeness (QED) is 0.369. The second kappa shape index (κ2) is 10.2. The molecular weight excluding hydrogens is 517 g/mol. The molecule has 3 aromatic carbocycles. The second-order valence-electron chi connectivity index (χ2n) is 7.28. The number of ether oxygens (including phenoxy) is 1. The van der Waals surface area contributed by atoms with E-state index in [-0.39, 0.29) is 27.8 Å². The molecule has 3 rings (SSSR count). The molecule has 0 aliphatic carbocycles. The summed E-state index contributed by atoms with van der Waals surface area (Å²) in [5.41, 5.74) is -1.15. The van der Waals surface area contributed by atoms with Gasteiger partial charge in [-0.3, -0.25) is 4.79 Å². The predicted octanol–water partition coefficient (Wildman–Crippen LogP) is 6.16. The molecule has 186 valence electrons. The van der Waals surface area contributed by atoms with Gasteiger partial charge in [0, 0.05) is 16.3 Å². The Bertz CT molecular complexity index is 1340. The van der Waals surface area contributed by atoms with E-state index in [2.05, 4.69) is 10.1 Å². The molecule has 1 N–H and O–H groups in total. The smallest absolute Gasteiger partial charge is 0.405 e. The largest absolute Gasteiger partial charge is 0.573 e. The molecule has 0 unspecified atom stereocenters. The van der Waals surface area contributed by atoms with Crippen LogP contribution in [0.15, 0.2) is 59.5 Å². The van der Waals surface area contributed by atoms with E-state index in [1.165, 1.54) is 31.2 Å². The molecule has 1 amide bonds. The summed E-state index contributed by atoms with van der Waals surface area (Å²) < 4.78 is 95.3. The highest BCUT2D eigenvalue weighted by Gasteiger charge is 2.33. The van der Waals surface area contributed by atoms with E-state index in [9.17, 15) is 35.2 Å². The highest BCUT2D eigenvalue weighted by molar-refractivity contribution is 7.91. The minimum Gasteiger partial charge on any atom is -0.405 e. The summed E-state index contributed by atoms with van der Waals surface area (Å²) >= 11 is 5.69. The summed E-state index contributed by atoms with van der Waals surface area (Å²) in [7, 11) is -3.41. The number of rotatable bonds is 7. The van der Waals surface area contributed by atoms with Gasteiger partial charge >= 0.3 is 6.36 Å². The van der Waals surface area contributed by atoms with Gasteiger partial charge < -0.3 is 10.1 Å². The van der Waals surface area contributed by atoms with Gasteiger partial charge in [-0.2, -0.15) is 0 Å². The summed E-state index contributed by atoms with van der Waals surface area (Å²) in [5.74, 6) is -4.13. The van der Waals surface area contributed by atoms with Crippen LogP contribution in [-0.4, -0.2) is 26.4 Å². The fraction of sp³-hybridized carbons (Fsp3) is 0.174. The van der Waals surface area contributed by atoms with Gasteiger partial charge in [-0.25, -0.2) is 17.2 Å². The molecule has 0 aromatic heterocycles. The zero-order chi connectivity index (χ0) is 26.0.